The normalized spacial score (nSPS) is 29.0. The van der Waals surface area contributed by atoms with E-state index in [9.17, 15) is 4.79 Å². The summed E-state index contributed by atoms with van der Waals surface area (Å²) in [7, 11) is 0. The highest BCUT2D eigenvalue weighted by Gasteiger charge is 2.52. The van der Waals surface area contributed by atoms with Crippen molar-refractivity contribution in [3.05, 3.63) is 40.9 Å². The minimum absolute atomic E-state index is 0.184. The molecule has 2 nitrogen and oxygen atoms in total. The van der Waals surface area contributed by atoms with Gasteiger partial charge in [-0.15, -0.1) is 0 Å². The highest BCUT2D eigenvalue weighted by molar-refractivity contribution is 9.10. The molecule has 19 heavy (non-hydrogen) atoms. The summed E-state index contributed by atoms with van der Waals surface area (Å²) in [6.07, 6.45) is 9.41. The molecule has 0 spiro atoms. The molecule has 0 saturated heterocycles. The Morgan fingerprint density at radius 3 is 2.79 bits per heavy atom. The summed E-state index contributed by atoms with van der Waals surface area (Å²) in [6, 6.07) is 7.77. The fourth-order valence-corrected chi connectivity index (χ4v) is 3.32. The van der Waals surface area contributed by atoms with Gasteiger partial charge in [0, 0.05) is 16.1 Å². The van der Waals surface area contributed by atoms with E-state index in [-0.39, 0.29) is 11.8 Å². The number of rotatable bonds is 2. The molecule has 2 aliphatic carbocycles. The van der Waals surface area contributed by atoms with Gasteiger partial charge in [0.15, 0.2) is 0 Å². The van der Waals surface area contributed by atoms with Gasteiger partial charge in [-0.05, 0) is 55.4 Å². The molecule has 0 aromatic heterocycles. The second-order valence-electron chi connectivity index (χ2n) is 5.48. The molecule has 100 valence electrons. The maximum Gasteiger partial charge on any atom is 0.228 e. The number of hydrogen-bond donors (Lipinski definition) is 1. The zero-order valence-corrected chi connectivity index (χ0v) is 12.4. The maximum atomic E-state index is 12.3. The quantitative estimate of drug-likeness (QED) is 0.805. The summed E-state index contributed by atoms with van der Waals surface area (Å²) < 4.78 is 1.03. The van der Waals surface area contributed by atoms with E-state index in [0.29, 0.717) is 11.8 Å². The number of amides is 1. The van der Waals surface area contributed by atoms with Gasteiger partial charge in [0.2, 0.25) is 5.91 Å². The molecule has 1 N–H and O–H groups in total. The lowest BCUT2D eigenvalue weighted by Crippen LogP contribution is -2.15. The summed E-state index contributed by atoms with van der Waals surface area (Å²) in [5.41, 5.74) is 0.886. The number of carbonyl (C=O) groups excluding carboxylic acids is 1. The highest BCUT2D eigenvalue weighted by atomic mass is 79.9. The number of fused-ring (bicyclic) bond motifs is 1. The summed E-state index contributed by atoms with van der Waals surface area (Å²) in [6.45, 7) is 0. The molecule has 0 heterocycles. The number of carbonyl (C=O) groups is 1. The molecule has 0 radical (unpaired) electrons. The van der Waals surface area contributed by atoms with Gasteiger partial charge >= 0.3 is 0 Å². The molecule has 3 unspecified atom stereocenters. The topological polar surface area (TPSA) is 29.1 Å². The van der Waals surface area contributed by atoms with Crippen LogP contribution in [0.15, 0.2) is 40.9 Å². The SMILES string of the molecule is O=C(Nc1ccc(Br)cc1)C1C2C=CCCCCC21. The van der Waals surface area contributed by atoms with E-state index in [1.54, 1.807) is 0 Å². The molecule has 2 aliphatic rings. The zero-order valence-electron chi connectivity index (χ0n) is 10.8. The number of hydrogen-bond acceptors (Lipinski definition) is 1. The van der Waals surface area contributed by atoms with Gasteiger partial charge in [-0.3, -0.25) is 4.79 Å². The van der Waals surface area contributed by atoms with Crippen LogP contribution in [0.3, 0.4) is 0 Å². The van der Waals surface area contributed by atoms with Crippen molar-refractivity contribution < 1.29 is 4.79 Å². The van der Waals surface area contributed by atoms with Gasteiger partial charge in [-0.2, -0.15) is 0 Å². The van der Waals surface area contributed by atoms with Gasteiger partial charge in [-0.1, -0.05) is 34.5 Å². The first-order chi connectivity index (χ1) is 9.25. The predicted molar refractivity (Wildman–Crippen MR) is 80.8 cm³/mol. The average molecular weight is 320 g/mol. The molecule has 1 aromatic carbocycles. The first kappa shape index (κ1) is 12.9. The Kier molecular flexibility index (Phi) is 3.74. The molecule has 3 atom stereocenters. The van der Waals surface area contributed by atoms with Crippen LogP contribution in [0.4, 0.5) is 5.69 Å². The van der Waals surface area contributed by atoms with E-state index >= 15 is 0 Å². The van der Waals surface area contributed by atoms with Gasteiger partial charge in [0.05, 0.1) is 0 Å². The Balaban J connectivity index is 1.64. The Bertz CT molecular complexity index is 494. The van der Waals surface area contributed by atoms with Crippen LogP contribution in [0, 0.1) is 17.8 Å². The number of allylic oxidation sites excluding steroid dienone is 2. The number of nitrogens with one attached hydrogen (secondary N) is 1. The van der Waals surface area contributed by atoms with Crippen molar-refractivity contribution in [3.63, 3.8) is 0 Å². The van der Waals surface area contributed by atoms with Gasteiger partial charge < -0.3 is 5.32 Å². The molecule has 3 heteroatoms. The monoisotopic (exact) mass is 319 g/mol. The maximum absolute atomic E-state index is 12.3. The Labute approximate surface area is 122 Å². The number of anilines is 1. The fourth-order valence-electron chi connectivity index (χ4n) is 3.06. The van der Waals surface area contributed by atoms with Crippen molar-refractivity contribution in [2.75, 3.05) is 5.32 Å². The third-order valence-corrected chi connectivity index (χ3v) is 4.69. The van der Waals surface area contributed by atoms with Crippen molar-refractivity contribution in [1.29, 1.82) is 0 Å². The van der Waals surface area contributed by atoms with E-state index in [0.717, 1.165) is 10.2 Å². The molecule has 3 rings (SSSR count). The van der Waals surface area contributed by atoms with Gasteiger partial charge in [0.1, 0.15) is 0 Å². The highest BCUT2D eigenvalue weighted by Crippen LogP contribution is 2.51. The second kappa shape index (κ2) is 5.49. The van der Waals surface area contributed by atoms with Crippen molar-refractivity contribution in [3.8, 4) is 0 Å². The number of halogens is 1. The van der Waals surface area contributed by atoms with E-state index in [1.165, 1.54) is 25.7 Å². The minimum atomic E-state index is 0.184. The fraction of sp³-hybridized carbons (Fsp3) is 0.438. The van der Waals surface area contributed by atoms with Crippen LogP contribution < -0.4 is 5.32 Å². The smallest absolute Gasteiger partial charge is 0.228 e. The van der Waals surface area contributed by atoms with Crippen LogP contribution in [0.5, 0.6) is 0 Å². The minimum Gasteiger partial charge on any atom is -0.326 e. The third kappa shape index (κ3) is 2.92. The molecule has 0 aliphatic heterocycles. The molecule has 1 aromatic rings. The average Bonchev–Trinajstić information content (AvgIpc) is 3.03. The molecule has 1 saturated carbocycles. The first-order valence-electron chi connectivity index (χ1n) is 6.99. The lowest BCUT2D eigenvalue weighted by atomic mass is 10.1. The van der Waals surface area contributed by atoms with Crippen molar-refractivity contribution >= 4 is 27.5 Å². The van der Waals surface area contributed by atoms with E-state index in [2.05, 4.69) is 33.4 Å². The summed E-state index contributed by atoms with van der Waals surface area (Å²) in [5, 5.41) is 3.03. The Hall–Kier alpha value is -1.09. The molecular weight excluding hydrogens is 302 g/mol. The van der Waals surface area contributed by atoms with Crippen LogP contribution in [-0.2, 0) is 4.79 Å². The van der Waals surface area contributed by atoms with Crippen LogP contribution >= 0.6 is 15.9 Å². The largest absolute Gasteiger partial charge is 0.326 e. The molecule has 1 fully saturated rings. The van der Waals surface area contributed by atoms with Crippen LogP contribution in [0.25, 0.3) is 0 Å². The van der Waals surface area contributed by atoms with Gasteiger partial charge in [0.25, 0.3) is 0 Å². The molecule has 1 amide bonds. The third-order valence-electron chi connectivity index (χ3n) is 4.16. The van der Waals surface area contributed by atoms with Crippen molar-refractivity contribution in [2.24, 2.45) is 17.8 Å². The van der Waals surface area contributed by atoms with E-state index in [1.807, 2.05) is 24.3 Å². The first-order valence-corrected chi connectivity index (χ1v) is 7.78. The summed E-state index contributed by atoms with van der Waals surface area (Å²) in [4.78, 5) is 12.3. The van der Waals surface area contributed by atoms with E-state index in [4.69, 9.17) is 0 Å². The van der Waals surface area contributed by atoms with Crippen LogP contribution in [0.1, 0.15) is 25.7 Å². The van der Waals surface area contributed by atoms with E-state index < -0.39 is 0 Å². The molecular formula is C16H18BrNO. The predicted octanol–water partition coefficient (Wildman–Crippen LogP) is 4.38. The summed E-state index contributed by atoms with van der Waals surface area (Å²) in [5.74, 6) is 1.43. The van der Waals surface area contributed by atoms with Crippen LogP contribution in [-0.4, -0.2) is 5.91 Å². The zero-order chi connectivity index (χ0) is 13.2. The van der Waals surface area contributed by atoms with Crippen molar-refractivity contribution in [2.45, 2.75) is 25.7 Å². The lowest BCUT2D eigenvalue weighted by molar-refractivity contribution is -0.117. The van der Waals surface area contributed by atoms with Crippen LogP contribution in [0.2, 0.25) is 0 Å². The standard InChI is InChI=1S/C16H18BrNO/c17-11-7-9-12(10-8-11)18-16(19)15-13-5-3-1-2-4-6-14(13)15/h3,5,7-10,13-15H,1-2,4,6H2,(H,18,19). The Morgan fingerprint density at radius 1 is 1.21 bits per heavy atom. The van der Waals surface area contributed by atoms with Gasteiger partial charge in [-0.25, -0.2) is 0 Å². The second-order valence-corrected chi connectivity index (χ2v) is 6.39. The number of benzene rings is 1. The summed E-state index contributed by atoms with van der Waals surface area (Å²) >= 11 is 3.40. The lowest BCUT2D eigenvalue weighted by Gasteiger charge is -2.04. The Morgan fingerprint density at radius 2 is 2.00 bits per heavy atom. The molecule has 0 bridgehead atoms. The van der Waals surface area contributed by atoms with Crippen molar-refractivity contribution in [1.82, 2.24) is 0 Å².